The first-order chi connectivity index (χ1) is 24.1. The maximum absolute atomic E-state index is 12.8. The van der Waals surface area contributed by atoms with Crippen LogP contribution in [0, 0.1) is 0 Å². The number of nitrogens with one attached hydrogen (secondary N) is 2. The number of hydrogen-bond donors (Lipinski definition) is 3. The minimum Gasteiger partial charge on any atom is -0.395 e. The highest BCUT2D eigenvalue weighted by Gasteiger charge is 2.30. The molecule has 0 atom stereocenters. The maximum atomic E-state index is 12.8. The van der Waals surface area contributed by atoms with Crippen molar-refractivity contribution in [1.29, 1.82) is 0 Å². The van der Waals surface area contributed by atoms with E-state index in [0.717, 1.165) is 22.3 Å². The molecule has 0 saturated heterocycles. The lowest BCUT2D eigenvalue weighted by molar-refractivity contribution is 0.0166. The molecule has 0 spiro atoms. The molecule has 266 valence electrons. The van der Waals surface area contributed by atoms with E-state index in [0.29, 0.717) is 103 Å². The monoisotopic (exact) mass is 684 g/mol. The SMILES string of the molecule is [N-]=[N+]=NCCOCCOCCOCCNC(=O)c1ccc2c(c1)C(CO)c1cc(C(=O)NCCOCCOCCOCCN=[N+]=[N-])ccc1-2. The number of aliphatic hydroxyl groups is 1. The predicted molar refractivity (Wildman–Crippen MR) is 178 cm³/mol. The number of benzene rings is 2. The third-order valence-corrected chi connectivity index (χ3v) is 7.20. The summed E-state index contributed by atoms with van der Waals surface area (Å²) in [5, 5.41) is 22.7. The van der Waals surface area contributed by atoms with Crippen LogP contribution in [0.15, 0.2) is 46.6 Å². The molecule has 0 heterocycles. The summed E-state index contributed by atoms with van der Waals surface area (Å²) in [6.45, 7) is 5.46. The molecule has 0 saturated carbocycles. The first-order valence-electron chi connectivity index (χ1n) is 16.0. The van der Waals surface area contributed by atoms with Gasteiger partial charge in [-0.05, 0) is 57.6 Å². The van der Waals surface area contributed by atoms with Crippen molar-refractivity contribution in [3.05, 3.63) is 79.5 Å². The molecule has 0 bridgehead atoms. The van der Waals surface area contributed by atoms with E-state index < -0.39 is 0 Å². The van der Waals surface area contributed by atoms with E-state index >= 15 is 0 Å². The summed E-state index contributed by atoms with van der Waals surface area (Å²) in [7, 11) is 0. The highest BCUT2D eigenvalue weighted by atomic mass is 16.5. The molecule has 3 N–H and O–H groups in total. The normalized spacial score (nSPS) is 12.8. The van der Waals surface area contributed by atoms with Gasteiger partial charge in [0.25, 0.3) is 11.8 Å². The van der Waals surface area contributed by atoms with Crippen LogP contribution >= 0.6 is 0 Å². The molecule has 0 aromatic heterocycles. The Morgan fingerprint density at radius 3 is 1.35 bits per heavy atom. The van der Waals surface area contributed by atoms with Gasteiger partial charge in [0.1, 0.15) is 0 Å². The highest BCUT2D eigenvalue weighted by molar-refractivity contribution is 5.97. The molecule has 17 nitrogen and oxygen atoms in total. The summed E-state index contributed by atoms with van der Waals surface area (Å²) in [5.74, 6) is -0.880. The maximum Gasteiger partial charge on any atom is 0.251 e. The molecule has 49 heavy (non-hydrogen) atoms. The fraction of sp³-hybridized carbons (Fsp3) is 0.562. The summed E-state index contributed by atoms with van der Waals surface area (Å²) in [4.78, 5) is 31.0. The van der Waals surface area contributed by atoms with Crippen molar-refractivity contribution in [2.75, 3.05) is 112 Å². The van der Waals surface area contributed by atoms with Crippen molar-refractivity contribution in [3.63, 3.8) is 0 Å². The molecule has 1 aliphatic rings. The van der Waals surface area contributed by atoms with Gasteiger partial charge in [-0.25, -0.2) is 0 Å². The molecule has 17 heteroatoms. The molecule has 0 aliphatic heterocycles. The number of carbonyl (C=O) groups excluding carboxylic acids is 2. The molecular weight excluding hydrogens is 640 g/mol. The second kappa shape index (κ2) is 23.9. The molecule has 0 radical (unpaired) electrons. The Balaban J connectivity index is 1.34. The average molecular weight is 685 g/mol. The number of hydrogen-bond acceptors (Lipinski definition) is 11. The fourth-order valence-corrected chi connectivity index (χ4v) is 4.90. The molecule has 0 unspecified atom stereocenters. The van der Waals surface area contributed by atoms with E-state index in [9.17, 15) is 14.7 Å². The lowest BCUT2D eigenvalue weighted by atomic mass is 9.95. The number of amides is 2. The first kappa shape index (κ1) is 39.2. The number of ether oxygens (including phenoxy) is 6. The molecule has 2 aromatic carbocycles. The quantitative estimate of drug-likeness (QED) is 0.0542. The summed E-state index contributed by atoms with van der Waals surface area (Å²) in [5.41, 5.74) is 20.8. The van der Waals surface area contributed by atoms with Crippen LogP contribution in [-0.4, -0.2) is 129 Å². The van der Waals surface area contributed by atoms with Gasteiger partial charge in [0.2, 0.25) is 0 Å². The Labute approximate surface area is 284 Å². The van der Waals surface area contributed by atoms with E-state index in [1.807, 2.05) is 12.1 Å². The van der Waals surface area contributed by atoms with Crippen molar-refractivity contribution in [1.82, 2.24) is 10.6 Å². The zero-order valence-corrected chi connectivity index (χ0v) is 27.5. The number of aliphatic hydroxyl groups excluding tert-OH is 1. The summed E-state index contributed by atoms with van der Waals surface area (Å²) in [6.07, 6.45) is 0. The summed E-state index contributed by atoms with van der Waals surface area (Å²) < 4.78 is 32.3. The minimum absolute atomic E-state index is 0.175. The van der Waals surface area contributed by atoms with Gasteiger partial charge in [0.05, 0.1) is 85.9 Å². The third-order valence-electron chi connectivity index (χ3n) is 7.20. The second-order valence-electron chi connectivity index (χ2n) is 10.4. The van der Waals surface area contributed by atoms with E-state index in [1.54, 1.807) is 24.3 Å². The summed E-state index contributed by atoms with van der Waals surface area (Å²) in [6, 6.07) is 10.8. The van der Waals surface area contributed by atoms with Crippen LogP contribution in [0.3, 0.4) is 0 Å². The Hall–Kier alpha value is -4.28. The lowest BCUT2D eigenvalue weighted by Crippen LogP contribution is -2.28. The van der Waals surface area contributed by atoms with Crippen LogP contribution in [0.2, 0.25) is 0 Å². The fourth-order valence-electron chi connectivity index (χ4n) is 4.90. The van der Waals surface area contributed by atoms with Gasteiger partial charge in [-0.1, -0.05) is 22.4 Å². The molecule has 0 fully saturated rings. The van der Waals surface area contributed by atoms with Crippen molar-refractivity contribution >= 4 is 11.8 Å². The van der Waals surface area contributed by atoms with Crippen molar-refractivity contribution < 1.29 is 43.1 Å². The minimum atomic E-state index is -0.370. The number of azide groups is 2. The standard InChI is InChI=1S/C32H44N8O9/c33-39-37-7-11-46-15-19-48-17-13-44-9-5-35-31(42)24-1-3-26-27-4-2-25(22-29(27)30(23-41)28(26)21-24)32(43)36-6-10-45-14-18-49-20-16-47-12-8-38-40-34/h1-4,21-22,30,41H,5-20,23H2,(H,35,42)(H,36,43). The molecule has 2 aromatic rings. The average Bonchev–Trinajstić information content (AvgIpc) is 3.44. The Kier molecular flexibility index (Phi) is 19.1. The van der Waals surface area contributed by atoms with Gasteiger partial charge >= 0.3 is 0 Å². The predicted octanol–water partition coefficient (Wildman–Crippen LogP) is 2.97. The smallest absolute Gasteiger partial charge is 0.251 e. The number of carbonyl (C=O) groups is 2. The zero-order valence-electron chi connectivity index (χ0n) is 27.5. The van der Waals surface area contributed by atoms with Gasteiger partial charge in [0, 0.05) is 53.0 Å². The van der Waals surface area contributed by atoms with Crippen LogP contribution in [0.1, 0.15) is 37.8 Å². The summed E-state index contributed by atoms with van der Waals surface area (Å²) >= 11 is 0. The molecule has 3 rings (SSSR count). The van der Waals surface area contributed by atoms with Gasteiger partial charge in [-0.3, -0.25) is 9.59 Å². The molecule has 1 aliphatic carbocycles. The topological polar surface area (TPSA) is 231 Å². The molecule has 2 amide bonds. The van der Waals surface area contributed by atoms with Crippen LogP contribution < -0.4 is 10.6 Å². The van der Waals surface area contributed by atoms with Crippen molar-refractivity contribution in [2.24, 2.45) is 10.2 Å². The van der Waals surface area contributed by atoms with Gasteiger partial charge in [-0.2, -0.15) is 0 Å². The lowest BCUT2D eigenvalue weighted by Gasteiger charge is -2.12. The van der Waals surface area contributed by atoms with Crippen LogP contribution in [0.4, 0.5) is 0 Å². The number of nitrogens with zero attached hydrogens (tertiary/aromatic N) is 6. The van der Waals surface area contributed by atoms with Gasteiger partial charge in [-0.15, -0.1) is 0 Å². The third kappa shape index (κ3) is 14.0. The van der Waals surface area contributed by atoms with Crippen molar-refractivity contribution in [3.8, 4) is 11.1 Å². The first-order valence-corrected chi connectivity index (χ1v) is 16.0. The van der Waals surface area contributed by atoms with Crippen LogP contribution in [0.5, 0.6) is 0 Å². The van der Waals surface area contributed by atoms with Crippen molar-refractivity contribution in [2.45, 2.75) is 5.92 Å². The van der Waals surface area contributed by atoms with Crippen LogP contribution in [0.25, 0.3) is 32.0 Å². The Bertz CT molecular complexity index is 1310. The van der Waals surface area contributed by atoms with Crippen LogP contribution in [-0.2, 0) is 28.4 Å². The largest absolute Gasteiger partial charge is 0.395 e. The zero-order chi connectivity index (χ0) is 34.9. The second-order valence-corrected chi connectivity index (χ2v) is 10.4. The van der Waals surface area contributed by atoms with Gasteiger partial charge in [0.15, 0.2) is 0 Å². The Morgan fingerprint density at radius 1 is 0.612 bits per heavy atom. The van der Waals surface area contributed by atoms with E-state index in [2.05, 4.69) is 30.7 Å². The Morgan fingerprint density at radius 2 is 0.980 bits per heavy atom. The molecular formula is C32H44N8O9. The number of rotatable bonds is 27. The van der Waals surface area contributed by atoms with E-state index in [1.165, 1.54) is 0 Å². The van der Waals surface area contributed by atoms with E-state index in [4.69, 9.17) is 39.5 Å². The van der Waals surface area contributed by atoms with Gasteiger partial charge < -0.3 is 44.2 Å². The number of fused-ring (bicyclic) bond motifs is 3. The van der Waals surface area contributed by atoms with E-state index in [-0.39, 0.29) is 37.4 Å². The highest BCUT2D eigenvalue weighted by Crippen LogP contribution is 2.45.